The summed E-state index contributed by atoms with van der Waals surface area (Å²) in [5, 5.41) is 6.76. The van der Waals surface area contributed by atoms with E-state index in [0.717, 1.165) is 44.9 Å². The quantitative estimate of drug-likeness (QED) is 0.106. The Kier molecular flexibility index (Phi) is 11.1. The molecule has 0 bridgehead atoms. The summed E-state index contributed by atoms with van der Waals surface area (Å²) >= 11 is 1.82. The number of hydrogen-bond donors (Lipinski definition) is 2. The summed E-state index contributed by atoms with van der Waals surface area (Å²) in [6, 6.07) is 9.62. The van der Waals surface area contributed by atoms with Gasteiger partial charge in [0.1, 0.15) is 17.3 Å². The number of benzene rings is 1. The molecule has 41 heavy (non-hydrogen) atoms. The zero-order valence-electron chi connectivity index (χ0n) is 25.8. The first kappa shape index (κ1) is 32.3. The lowest BCUT2D eigenvalue weighted by molar-refractivity contribution is -0.222. The third-order valence-electron chi connectivity index (χ3n) is 6.63. The van der Waals surface area contributed by atoms with E-state index in [1.807, 2.05) is 11.3 Å². The first-order valence-corrected chi connectivity index (χ1v) is 15.2. The van der Waals surface area contributed by atoms with Crippen LogP contribution in [-0.2, 0) is 31.9 Å². The van der Waals surface area contributed by atoms with Gasteiger partial charge in [-0.2, -0.15) is 0 Å². The van der Waals surface area contributed by atoms with E-state index in [-0.39, 0.29) is 22.9 Å². The fourth-order valence-electron chi connectivity index (χ4n) is 4.70. The molecule has 1 atom stereocenters. The number of carbonyl (C=O) groups excluding carboxylic acids is 2. The van der Waals surface area contributed by atoms with Crippen LogP contribution in [0.15, 0.2) is 41.7 Å². The van der Waals surface area contributed by atoms with Gasteiger partial charge in [-0.15, -0.1) is 11.3 Å². The standard InChI is InChI=1S/C32H46N2O6S/c1-9-10-11-12-13-21(18-23-15-16-24(41-23)20-31(2,3)4)33-28(27-29(35)39-32(5,6)40-30(27)36)34-25-17-14-22(37-7)19-26(25)38-8/h14-17,19,21,33-34H,9-13,18,20H2,1-8H3. The molecule has 2 heterocycles. The second-order valence-corrected chi connectivity index (χ2v) is 13.4. The molecule has 2 aromatic rings. The van der Waals surface area contributed by atoms with Crippen LogP contribution in [0.1, 0.15) is 83.4 Å². The van der Waals surface area contributed by atoms with Gasteiger partial charge in [0.05, 0.1) is 19.9 Å². The van der Waals surface area contributed by atoms with Crippen LogP contribution in [0.5, 0.6) is 11.5 Å². The minimum absolute atomic E-state index is 0.0530. The zero-order valence-corrected chi connectivity index (χ0v) is 26.6. The first-order chi connectivity index (χ1) is 19.3. The third-order valence-corrected chi connectivity index (χ3v) is 7.74. The number of carbonyl (C=O) groups is 2. The molecule has 226 valence electrons. The number of cyclic esters (lactones) is 2. The highest BCUT2D eigenvalue weighted by atomic mass is 32.1. The molecule has 1 unspecified atom stereocenters. The van der Waals surface area contributed by atoms with Gasteiger partial charge >= 0.3 is 11.9 Å². The summed E-state index contributed by atoms with van der Waals surface area (Å²) in [6.45, 7) is 12.0. The van der Waals surface area contributed by atoms with Crippen LogP contribution in [0.2, 0.25) is 0 Å². The highest BCUT2D eigenvalue weighted by Gasteiger charge is 2.41. The minimum Gasteiger partial charge on any atom is -0.497 e. The summed E-state index contributed by atoms with van der Waals surface area (Å²) in [7, 11) is 3.13. The summed E-state index contributed by atoms with van der Waals surface area (Å²) in [5.74, 6) is -1.51. The first-order valence-electron chi connectivity index (χ1n) is 14.4. The fourth-order valence-corrected chi connectivity index (χ4v) is 6.10. The van der Waals surface area contributed by atoms with Crippen LogP contribution < -0.4 is 20.1 Å². The van der Waals surface area contributed by atoms with Gasteiger partial charge in [0, 0.05) is 42.1 Å². The van der Waals surface area contributed by atoms with E-state index in [4.69, 9.17) is 18.9 Å². The fraction of sp³-hybridized carbons (Fsp3) is 0.562. The van der Waals surface area contributed by atoms with Crippen molar-refractivity contribution >= 4 is 29.0 Å². The molecule has 3 rings (SSSR count). The van der Waals surface area contributed by atoms with Crippen molar-refractivity contribution in [3.63, 3.8) is 0 Å². The van der Waals surface area contributed by atoms with Gasteiger partial charge < -0.3 is 29.6 Å². The Balaban J connectivity index is 1.98. The highest BCUT2D eigenvalue weighted by Crippen LogP contribution is 2.32. The Bertz CT molecular complexity index is 1210. The van der Waals surface area contributed by atoms with Gasteiger partial charge in [-0.25, -0.2) is 9.59 Å². The molecule has 1 saturated heterocycles. The van der Waals surface area contributed by atoms with Crippen molar-refractivity contribution < 1.29 is 28.5 Å². The van der Waals surface area contributed by atoms with Crippen molar-refractivity contribution in [2.45, 2.75) is 98.3 Å². The van der Waals surface area contributed by atoms with Crippen molar-refractivity contribution in [1.82, 2.24) is 5.32 Å². The number of anilines is 1. The molecule has 9 heteroatoms. The lowest BCUT2D eigenvalue weighted by Gasteiger charge is -2.32. The van der Waals surface area contributed by atoms with Crippen molar-refractivity contribution in [3.8, 4) is 11.5 Å². The average Bonchev–Trinajstić information content (AvgIpc) is 3.30. The number of thiophene rings is 1. The predicted octanol–water partition coefficient (Wildman–Crippen LogP) is 6.98. The zero-order chi connectivity index (χ0) is 30.2. The highest BCUT2D eigenvalue weighted by molar-refractivity contribution is 7.12. The number of ether oxygens (including phenoxy) is 4. The predicted molar refractivity (Wildman–Crippen MR) is 163 cm³/mol. The van der Waals surface area contributed by atoms with Crippen LogP contribution in [0.4, 0.5) is 5.69 Å². The summed E-state index contributed by atoms with van der Waals surface area (Å²) in [4.78, 5) is 28.9. The molecule has 2 N–H and O–H groups in total. The molecule has 8 nitrogen and oxygen atoms in total. The molecule has 1 aromatic heterocycles. The maximum atomic E-state index is 13.2. The Morgan fingerprint density at radius 2 is 1.66 bits per heavy atom. The van der Waals surface area contributed by atoms with Gasteiger partial charge in [0.15, 0.2) is 5.57 Å². The van der Waals surface area contributed by atoms with E-state index in [0.29, 0.717) is 17.2 Å². The summed E-state index contributed by atoms with van der Waals surface area (Å²) in [6.07, 6.45) is 7.04. The van der Waals surface area contributed by atoms with E-state index in [9.17, 15) is 9.59 Å². The largest absolute Gasteiger partial charge is 0.497 e. The maximum absolute atomic E-state index is 13.2. The van der Waals surface area contributed by atoms with Gasteiger partial charge in [-0.3, -0.25) is 0 Å². The molecular formula is C32H46N2O6S. The summed E-state index contributed by atoms with van der Waals surface area (Å²) in [5.41, 5.74) is 0.552. The van der Waals surface area contributed by atoms with Gasteiger partial charge in [-0.05, 0) is 42.5 Å². The van der Waals surface area contributed by atoms with Crippen LogP contribution in [0, 0.1) is 5.41 Å². The van der Waals surface area contributed by atoms with Crippen LogP contribution in [0.25, 0.3) is 0 Å². The molecule has 0 spiro atoms. The van der Waals surface area contributed by atoms with Gasteiger partial charge in [-0.1, -0.05) is 53.4 Å². The molecule has 0 aliphatic carbocycles. The van der Waals surface area contributed by atoms with E-state index in [2.05, 4.69) is 50.5 Å². The Morgan fingerprint density at radius 3 is 2.27 bits per heavy atom. The summed E-state index contributed by atoms with van der Waals surface area (Å²) < 4.78 is 21.8. The van der Waals surface area contributed by atoms with Crippen molar-refractivity contribution in [2.24, 2.45) is 5.41 Å². The topological polar surface area (TPSA) is 95.1 Å². The van der Waals surface area contributed by atoms with E-state index in [1.54, 1.807) is 32.4 Å². The molecule has 1 aliphatic rings. The number of rotatable bonds is 14. The van der Waals surface area contributed by atoms with Crippen molar-refractivity contribution in [1.29, 1.82) is 0 Å². The molecule has 0 amide bonds. The van der Waals surface area contributed by atoms with E-state index in [1.165, 1.54) is 23.6 Å². The van der Waals surface area contributed by atoms with Crippen LogP contribution >= 0.6 is 11.3 Å². The lowest BCUT2D eigenvalue weighted by atomic mass is 9.92. The molecule has 0 radical (unpaired) electrons. The maximum Gasteiger partial charge on any atom is 0.352 e. The van der Waals surface area contributed by atoms with Crippen molar-refractivity contribution in [2.75, 3.05) is 19.5 Å². The van der Waals surface area contributed by atoms with Crippen LogP contribution in [-0.4, -0.2) is 38.0 Å². The number of nitrogens with one attached hydrogen (secondary N) is 2. The Labute approximate surface area is 248 Å². The van der Waals surface area contributed by atoms with Crippen LogP contribution in [0.3, 0.4) is 0 Å². The number of hydrogen-bond acceptors (Lipinski definition) is 9. The van der Waals surface area contributed by atoms with Gasteiger partial charge in [0.25, 0.3) is 5.79 Å². The number of esters is 2. The monoisotopic (exact) mass is 586 g/mol. The SMILES string of the molecule is CCCCCCC(Cc1ccc(CC(C)(C)C)s1)NC(Nc1ccc(OC)cc1OC)=C1C(=O)OC(C)(C)OC1=O. The molecule has 0 saturated carbocycles. The Morgan fingerprint density at radius 1 is 0.976 bits per heavy atom. The lowest BCUT2D eigenvalue weighted by Crippen LogP contribution is -2.45. The van der Waals surface area contributed by atoms with Gasteiger partial charge in [0.2, 0.25) is 0 Å². The smallest absolute Gasteiger partial charge is 0.352 e. The van der Waals surface area contributed by atoms with Crippen molar-refractivity contribution in [3.05, 3.63) is 51.5 Å². The van der Waals surface area contributed by atoms with E-state index < -0.39 is 17.7 Å². The average molecular weight is 587 g/mol. The molecule has 1 fully saturated rings. The third kappa shape index (κ3) is 9.69. The minimum atomic E-state index is -1.35. The molecule has 1 aliphatic heterocycles. The van der Waals surface area contributed by atoms with E-state index >= 15 is 0 Å². The number of unbranched alkanes of at least 4 members (excludes halogenated alkanes) is 3. The second-order valence-electron chi connectivity index (χ2n) is 12.1. The second kappa shape index (κ2) is 14.1. The Hall–Kier alpha value is -3.20. The number of methoxy groups -OCH3 is 2. The molecular weight excluding hydrogens is 540 g/mol. The molecule has 1 aromatic carbocycles. The normalized spacial score (nSPS) is 15.6.